The molecule has 1 aromatic heterocycles. The minimum Gasteiger partial charge on any atom is -0.267 e. The second kappa shape index (κ2) is 8.81. The summed E-state index contributed by atoms with van der Waals surface area (Å²) in [4.78, 5) is 13.7. The van der Waals surface area contributed by atoms with Crippen molar-refractivity contribution in [2.45, 2.75) is 21.3 Å². The molecular weight excluding hydrogens is 395 g/mol. The molecule has 7 heteroatoms. The molecule has 0 aliphatic heterocycles. The molecule has 128 valence electrons. The molecule has 0 bridgehead atoms. The van der Waals surface area contributed by atoms with Gasteiger partial charge in [0, 0.05) is 26.4 Å². The van der Waals surface area contributed by atoms with Crippen molar-refractivity contribution in [2.75, 3.05) is 0 Å². The molecule has 0 atom stereocenters. The zero-order chi connectivity index (χ0) is 17.6. The molecule has 25 heavy (non-hydrogen) atoms. The summed E-state index contributed by atoms with van der Waals surface area (Å²) in [5.41, 5.74) is 1.82. The normalized spacial score (nSPS) is 10.8. The van der Waals surface area contributed by atoms with E-state index in [1.807, 2.05) is 48.5 Å². The highest BCUT2D eigenvalue weighted by molar-refractivity contribution is 8.01. The fraction of sp³-hybridized carbons (Fsp3) is 0.111. The highest BCUT2D eigenvalue weighted by Gasteiger charge is 2.11. The molecule has 0 saturated heterocycles. The van der Waals surface area contributed by atoms with E-state index in [0.29, 0.717) is 21.4 Å². The van der Waals surface area contributed by atoms with Crippen molar-refractivity contribution in [2.24, 2.45) is 0 Å². The summed E-state index contributed by atoms with van der Waals surface area (Å²) in [5.74, 6) is 1.29. The first-order chi connectivity index (χ1) is 12.1. The van der Waals surface area contributed by atoms with Gasteiger partial charge in [-0.25, -0.2) is 5.10 Å². The van der Waals surface area contributed by atoms with Crippen LogP contribution < -0.4 is 5.56 Å². The number of halogens is 2. The Morgan fingerprint density at radius 3 is 2.04 bits per heavy atom. The van der Waals surface area contributed by atoms with E-state index in [1.165, 1.54) is 11.8 Å². The first kappa shape index (κ1) is 18.4. The van der Waals surface area contributed by atoms with Gasteiger partial charge in [-0.15, -0.1) is 23.5 Å². The molecule has 3 aromatic rings. The van der Waals surface area contributed by atoms with Gasteiger partial charge in [-0.1, -0.05) is 59.6 Å². The lowest BCUT2D eigenvalue weighted by Crippen LogP contribution is -2.11. The fourth-order valence-electron chi connectivity index (χ4n) is 2.15. The average Bonchev–Trinajstić information content (AvgIpc) is 2.61. The van der Waals surface area contributed by atoms with Gasteiger partial charge in [0.05, 0.1) is 11.1 Å². The predicted molar refractivity (Wildman–Crippen MR) is 107 cm³/mol. The lowest BCUT2D eigenvalue weighted by Gasteiger charge is -2.09. The van der Waals surface area contributed by atoms with Gasteiger partial charge in [-0.3, -0.25) is 4.79 Å². The molecule has 0 amide bonds. The highest BCUT2D eigenvalue weighted by Crippen LogP contribution is 2.33. The second-order valence-electron chi connectivity index (χ2n) is 5.15. The number of hydrogen-bond donors (Lipinski definition) is 1. The summed E-state index contributed by atoms with van der Waals surface area (Å²) in [6, 6.07) is 15.3. The number of thioether (sulfide) groups is 2. The van der Waals surface area contributed by atoms with Gasteiger partial charge in [-0.05, 0) is 23.3 Å². The van der Waals surface area contributed by atoms with Crippen LogP contribution in [0.5, 0.6) is 0 Å². The van der Waals surface area contributed by atoms with E-state index < -0.39 is 0 Å². The van der Waals surface area contributed by atoms with Crippen molar-refractivity contribution in [3.63, 3.8) is 0 Å². The number of nitrogens with one attached hydrogen (secondary N) is 1. The Morgan fingerprint density at radius 2 is 1.44 bits per heavy atom. The van der Waals surface area contributed by atoms with Crippen LogP contribution in [0.4, 0.5) is 0 Å². The number of benzene rings is 2. The minimum atomic E-state index is -0.193. The van der Waals surface area contributed by atoms with Gasteiger partial charge in [0.1, 0.15) is 0 Å². The summed E-state index contributed by atoms with van der Waals surface area (Å²) in [7, 11) is 0. The molecule has 2 aromatic carbocycles. The van der Waals surface area contributed by atoms with Crippen LogP contribution in [0, 0.1) is 0 Å². The summed E-state index contributed by atoms with van der Waals surface area (Å²) in [6.45, 7) is 0. The molecule has 0 saturated carbocycles. The lowest BCUT2D eigenvalue weighted by atomic mass is 10.2. The maximum atomic E-state index is 12.2. The monoisotopic (exact) mass is 408 g/mol. The minimum absolute atomic E-state index is 0.193. The molecule has 0 aliphatic carbocycles. The van der Waals surface area contributed by atoms with Gasteiger partial charge in [0.25, 0.3) is 5.56 Å². The first-order valence-corrected chi connectivity index (χ1v) is 10.2. The third kappa shape index (κ3) is 4.82. The topological polar surface area (TPSA) is 45.8 Å². The Labute approximate surface area is 164 Å². The largest absolute Gasteiger partial charge is 0.278 e. The van der Waals surface area contributed by atoms with Crippen molar-refractivity contribution < 1.29 is 0 Å². The molecule has 3 rings (SSSR count). The van der Waals surface area contributed by atoms with Gasteiger partial charge in [-0.2, -0.15) is 5.10 Å². The molecule has 0 spiro atoms. The van der Waals surface area contributed by atoms with Gasteiger partial charge < -0.3 is 0 Å². The van der Waals surface area contributed by atoms with Gasteiger partial charge in [0.15, 0.2) is 0 Å². The SMILES string of the molecule is O=c1[nH]ncc(SCc2ccccc2Cl)c1SCc1ccccc1Cl. The number of H-pyrrole nitrogens is 1. The van der Waals surface area contributed by atoms with Crippen molar-refractivity contribution in [1.82, 2.24) is 10.2 Å². The summed E-state index contributed by atoms with van der Waals surface area (Å²) < 4.78 is 0. The third-order valence-corrected chi connectivity index (χ3v) is 6.54. The van der Waals surface area contributed by atoms with Crippen molar-refractivity contribution in [1.29, 1.82) is 0 Å². The Hall–Kier alpha value is -1.40. The van der Waals surface area contributed by atoms with Crippen molar-refractivity contribution in [3.8, 4) is 0 Å². The van der Waals surface area contributed by atoms with E-state index >= 15 is 0 Å². The standard InChI is InChI=1S/C18H14Cl2N2OS2/c19-14-7-3-1-5-12(14)10-24-16-9-21-22-18(23)17(16)25-11-13-6-2-4-8-15(13)20/h1-9H,10-11H2,(H,22,23). The lowest BCUT2D eigenvalue weighted by molar-refractivity contribution is 0.896. The zero-order valence-electron chi connectivity index (χ0n) is 13.0. The average molecular weight is 409 g/mol. The molecule has 0 radical (unpaired) electrons. The van der Waals surface area contributed by atoms with Crippen LogP contribution in [-0.4, -0.2) is 10.2 Å². The van der Waals surface area contributed by atoms with Crippen LogP contribution in [0.2, 0.25) is 10.0 Å². The zero-order valence-corrected chi connectivity index (χ0v) is 16.2. The molecule has 3 nitrogen and oxygen atoms in total. The predicted octanol–water partition coefficient (Wildman–Crippen LogP) is 5.66. The van der Waals surface area contributed by atoms with Crippen LogP contribution in [-0.2, 0) is 11.5 Å². The number of nitrogens with zero attached hydrogens (tertiary/aromatic N) is 1. The maximum absolute atomic E-state index is 12.2. The Balaban J connectivity index is 1.77. The van der Waals surface area contributed by atoms with Crippen LogP contribution in [0.15, 0.2) is 69.3 Å². The van der Waals surface area contributed by atoms with Crippen molar-refractivity contribution in [3.05, 3.63) is 86.3 Å². The van der Waals surface area contributed by atoms with Crippen LogP contribution in [0.1, 0.15) is 11.1 Å². The Kier molecular flexibility index (Phi) is 6.48. The van der Waals surface area contributed by atoms with Crippen molar-refractivity contribution >= 4 is 46.7 Å². The van der Waals surface area contributed by atoms with E-state index in [2.05, 4.69) is 10.2 Å². The molecular formula is C18H14Cl2N2OS2. The third-order valence-electron chi connectivity index (χ3n) is 3.45. The van der Waals surface area contributed by atoms with Crippen LogP contribution in [0.3, 0.4) is 0 Å². The summed E-state index contributed by atoms with van der Waals surface area (Å²) >= 11 is 15.4. The number of rotatable bonds is 6. The molecule has 1 N–H and O–H groups in total. The molecule has 0 unspecified atom stereocenters. The van der Waals surface area contributed by atoms with Crippen LogP contribution >= 0.6 is 46.7 Å². The fourth-order valence-corrected chi connectivity index (χ4v) is 4.90. The van der Waals surface area contributed by atoms with E-state index in [0.717, 1.165) is 21.0 Å². The van der Waals surface area contributed by atoms with E-state index in [9.17, 15) is 4.79 Å². The number of aromatic amines is 1. The Morgan fingerprint density at radius 1 is 0.880 bits per heavy atom. The van der Waals surface area contributed by atoms with E-state index in [4.69, 9.17) is 23.2 Å². The number of hydrogen-bond acceptors (Lipinski definition) is 4. The summed E-state index contributed by atoms with van der Waals surface area (Å²) in [5, 5.41) is 7.84. The number of aromatic nitrogens is 2. The quantitative estimate of drug-likeness (QED) is 0.534. The highest BCUT2D eigenvalue weighted by atomic mass is 35.5. The van der Waals surface area contributed by atoms with E-state index in [-0.39, 0.29) is 5.56 Å². The van der Waals surface area contributed by atoms with Gasteiger partial charge >= 0.3 is 0 Å². The molecule has 1 heterocycles. The molecule has 0 fully saturated rings. The van der Waals surface area contributed by atoms with E-state index in [1.54, 1.807) is 18.0 Å². The van der Waals surface area contributed by atoms with Crippen LogP contribution in [0.25, 0.3) is 0 Å². The maximum Gasteiger partial charge on any atom is 0.278 e. The summed E-state index contributed by atoms with van der Waals surface area (Å²) in [6.07, 6.45) is 1.68. The smallest absolute Gasteiger partial charge is 0.267 e. The Bertz CT molecular complexity index is 931. The molecule has 0 aliphatic rings. The van der Waals surface area contributed by atoms with Gasteiger partial charge in [0.2, 0.25) is 0 Å². The first-order valence-electron chi connectivity index (χ1n) is 7.45. The second-order valence-corrected chi connectivity index (χ2v) is 7.97.